The quantitative estimate of drug-likeness (QED) is 0.778. The largest absolute Gasteiger partial charge is 0.271 e. The average Bonchev–Trinajstić information content (AvgIpc) is 2.85. The molecule has 0 aromatic carbocycles. The number of hydrogen-bond acceptors (Lipinski definition) is 1. The first-order chi connectivity index (χ1) is 8.04. The van der Waals surface area contributed by atoms with Gasteiger partial charge >= 0.3 is 0 Å². The predicted octanol–water partition coefficient (Wildman–Crippen LogP) is 3.69. The Balaban J connectivity index is 1.85. The second-order valence-corrected chi connectivity index (χ2v) is 7.00. The number of aryl methyl sites for hydroxylation is 2. The van der Waals surface area contributed by atoms with Gasteiger partial charge in [0.1, 0.15) is 0 Å². The Kier molecular flexibility index (Phi) is 2.82. The molecule has 2 aliphatic carbocycles. The highest BCUT2D eigenvalue weighted by atomic mass is 79.9. The molecule has 2 fully saturated rings. The highest BCUT2D eigenvalue weighted by molar-refractivity contribution is 9.10. The van der Waals surface area contributed by atoms with Crippen LogP contribution < -0.4 is 0 Å². The van der Waals surface area contributed by atoms with E-state index in [1.54, 1.807) is 0 Å². The maximum atomic E-state index is 6.27. The van der Waals surface area contributed by atoms with Crippen molar-refractivity contribution in [1.29, 1.82) is 0 Å². The van der Waals surface area contributed by atoms with E-state index in [-0.39, 0.29) is 0 Å². The van der Waals surface area contributed by atoms with Gasteiger partial charge in [0, 0.05) is 12.9 Å². The van der Waals surface area contributed by atoms with E-state index in [0.29, 0.717) is 5.41 Å². The molecule has 2 saturated carbocycles. The number of aromatic nitrogens is 2. The van der Waals surface area contributed by atoms with Crippen LogP contribution in [0.3, 0.4) is 0 Å². The van der Waals surface area contributed by atoms with E-state index in [2.05, 4.69) is 21.0 Å². The number of hydrogen-bond donors (Lipinski definition) is 0. The van der Waals surface area contributed by atoms with E-state index < -0.39 is 0 Å². The molecule has 0 N–H and O–H groups in total. The second-order valence-electron chi connectivity index (χ2n) is 5.94. The Bertz CT molecular complexity index is 445. The molecule has 0 saturated heterocycles. The number of nitrogens with zero attached hydrogens (tertiary/aromatic N) is 2. The van der Waals surface area contributed by atoms with Crippen molar-refractivity contribution in [1.82, 2.24) is 9.78 Å². The molecule has 0 aliphatic heterocycles. The van der Waals surface area contributed by atoms with Crippen LogP contribution in [0.4, 0.5) is 0 Å². The Hall–Kier alpha value is -0.0200. The van der Waals surface area contributed by atoms with Crippen LogP contribution in [0.5, 0.6) is 0 Å². The molecule has 2 unspecified atom stereocenters. The monoisotopic (exact) mass is 316 g/mol. The Labute approximate surface area is 116 Å². The van der Waals surface area contributed by atoms with Crippen LogP contribution in [-0.4, -0.2) is 15.7 Å². The molecule has 17 heavy (non-hydrogen) atoms. The standard InChI is InChI=1S/C13H18BrClN2/c1-8-12(14)11(17(2)16-8)6-13(7-15)4-9-3-10(9)5-13/h9-10H,3-7H2,1-2H3. The summed E-state index contributed by atoms with van der Waals surface area (Å²) in [6.07, 6.45) is 5.15. The molecule has 1 aromatic heterocycles. The van der Waals surface area contributed by atoms with Crippen molar-refractivity contribution in [2.75, 3.05) is 5.88 Å². The fourth-order valence-electron chi connectivity index (χ4n) is 3.53. The number of halogens is 2. The molecule has 2 atom stereocenters. The van der Waals surface area contributed by atoms with Gasteiger partial charge < -0.3 is 0 Å². The van der Waals surface area contributed by atoms with Gasteiger partial charge in [-0.3, -0.25) is 4.68 Å². The predicted molar refractivity (Wildman–Crippen MR) is 73.3 cm³/mol. The molecular formula is C13H18BrClN2. The Morgan fingerprint density at radius 3 is 2.59 bits per heavy atom. The molecule has 2 aliphatic rings. The van der Waals surface area contributed by atoms with Gasteiger partial charge in [-0.05, 0) is 65.8 Å². The molecule has 2 nitrogen and oxygen atoms in total. The summed E-state index contributed by atoms with van der Waals surface area (Å²) in [4.78, 5) is 0. The fraction of sp³-hybridized carbons (Fsp3) is 0.769. The van der Waals surface area contributed by atoms with Gasteiger partial charge in [-0.15, -0.1) is 11.6 Å². The minimum atomic E-state index is 0.331. The van der Waals surface area contributed by atoms with Crippen molar-refractivity contribution in [3.63, 3.8) is 0 Å². The summed E-state index contributed by atoms with van der Waals surface area (Å²) in [5.74, 6) is 2.74. The van der Waals surface area contributed by atoms with Crippen LogP contribution >= 0.6 is 27.5 Å². The zero-order chi connectivity index (χ0) is 12.2. The maximum absolute atomic E-state index is 6.27. The van der Waals surface area contributed by atoms with Gasteiger partial charge in [-0.2, -0.15) is 5.10 Å². The lowest BCUT2D eigenvalue weighted by atomic mass is 9.80. The van der Waals surface area contributed by atoms with E-state index >= 15 is 0 Å². The highest BCUT2D eigenvalue weighted by Crippen LogP contribution is 2.61. The lowest BCUT2D eigenvalue weighted by Gasteiger charge is -2.28. The first-order valence-electron chi connectivity index (χ1n) is 6.28. The van der Waals surface area contributed by atoms with Crippen molar-refractivity contribution in [3.05, 3.63) is 15.9 Å². The summed E-state index contributed by atoms with van der Waals surface area (Å²) < 4.78 is 3.18. The molecule has 0 radical (unpaired) electrons. The summed E-state index contributed by atoms with van der Waals surface area (Å²) in [7, 11) is 2.03. The van der Waals surface area contributed by atoms with Crippen LogP contribution in [-0.2, 0) is 13.5 Å². The summed E-state index contributed by atoms with van der Waals surface area (Å²) in [5.41, 5.74) is 2.72. The topological polar surface area (TPSA) is 17.8 Å². The van der Waals surface area contributed by atoms with Gasteiger partial charge in [-0.1, -0.05) is 0 Å². The smallest absolute Gasteiger partial charge is 0.0738 e. The second kappa shape index (κ2) is 3.99. The molecule has 1 heterocycles. The molecule has 3 rings (SSSR count). The van der Waals surface area contributed by atoms with Gasteiger partial charge in [0.25, 0.3) is 0 Å². The lowest BCUT2D eigenvalue weighted by molar-refractivity contribution is 0.295. The van der Waals surface area contributed by atoms with Gasteiger partial charge in [-0.25, -0.2) is 0 Å². The number of fused-ring (bicyclic) bond motifs is 1. The van der Waals surface area contributed by atoms with E-state index in [1.165, 1.54) is 29.4 Å². The fourth-order valence-corrected chi connectivity index (χ4v) is 4.32. The number of rotatable bonds is 3. The molecule has 0 amide bonds. The number of alkyl halides is 1. The van der Waals surface area contributed by atoms with Crippen molar-refractivity contribution in [2.45, 2.75) is 32.6 Å². The van der Waals surface area contributed by atoms with Crippen LogP contribution in [0.1, 0.15) is 30.7 Å². The van der Waals surface area contributed by atoms with E-state index in [9.17, 15) is 0 Å². The molecule has 0 bridgehead atoms. The molecular weight excluding hydrogens is 300 g/mol. The van der Waals surface area contributed by atoms with Gasteiger partial charge in [0.2, 0.25) is 0 Å². The maximum Gasteiger partial charge on any atom is 0.0738 e. The van der Waals surface area contributed by atoms with Crippen LogP contribution in [0.2, 0.25) is 0 Å². The average molecular weight is 318 g/mol. The van der Waals surface area contributed by atoms with Crippen LogP contribution in [0.15, 0.2) is 4.47 Å². The van der Waals surface area contributed by atoms with E-state index in [0.717, 1.165) is 29.8 Å². The third kappa shape index (κ3) is 1.95. The van der Waals surface area contributed by atoms with E-state index in [1.807, 2.05) is 18.7 Å². The highest BCUT2D eigenvalue weighted by Gasteiger charge is 2.53. The summed E-state index contributed by atoms with van der Waals surface area (Å²) >= 11 is 9.93. The van der Waals surface area contributed by atoms with Crippen molar-refractivity contribution in [3.8, 4) is 0 Å². The minimum Gasteiger partial charge on any atom is -0.271 e. The lowest BCUT2D eigenvalue weighted by Crippen LogP contribution is -2.25. The first-order valence-corrected chi connectivity index (χ1v) is 7.61. The van der Waals surface area contributed by atoms with Crippen molar-refractivity contribution in [2.24, 2.45) is 24.3 Å². The van der Waals surface area contributed by atoms with Crippen molar-refractivity contribution < 1.29 is 0 Å². The molecule has 4 heteroatoms. The molecule has 1 aromatic rings. The van der Waals surface area contributed by atoms with Gasteiger partial charge in [0.05, 0.1) is 15.9 Å². The SMILES string of the molecule is Cc1nn(C)c(CC2(CCl)CC3CC3C2)c1Br. The Morgan fingerprint density at radius 1 is 1.47 bits per heavy atom. The van der Waals surface area contributed by atoms with E-state index in [4.69, 9.17) is 11.6 Å². The zero-order valence-corrected chi connectivity index (χ0v) is 12.7. The first kappa shape index (κ1) is 12.0. The van der Waals surface area contributed by atoms with Gasteiger partial charge in [0.15, 0.2) is 0 Å². The molecule has 94 valence electrons. The summed E-state index contributed by atoms with van der Waals surface area (Å²) in [5, 5.41) is 4.48. The van der Waals surface area contributed by atoms with Crippen molar-refractivity contribution >= 4 is 27.5 Å². The molecule has 0 spiro atoms. The minimum absolute atomic E-state index is 0.331. The summed E-state index contributed by atoms with van der Waals surface area (Å²) in [6, 6.07) is 0. The third-order valence-corrected chi connectivity index (χ3v) is 6.15. The Morgan fingerprint density at radius 2 is 2.12 bits per heavy atom. The van der Waals surface area contributed by atoms with Crippen LogP contribution in [0.25, 0.3) is 0 Å². The normalized spacial score (nSPS) is 35.1. The summed E-state index contributed by atoms with van der Waals surface area (Å²) in [6.45, 7) is 2.05. The third-order valence-electron chi connectivity index (χ3n) is 4.55. The zero-order valence-electron chi connectivity index (χ0n) is 10.3. The van der Waals surface area contributed by atoms with Crippen LogP contribution in [0, 0.1) is 24.2 Å².